The standard InChI is InChI=1S/C15H16N2O2S.ClH/c1-10-2-5-14(20-10)15(18)17-12-3-4-13-11(8-12)9-16-6-7-19-13;/h2-5,8,16H,6-7,9H2,1H3,(H,17,18);1H. The summed E-state index contributed by atoms with van der Waals surface area (Å²) >= 11 is 1.50. The van der Waals surface area contributed by atoms with E-state index in [0.29, 0.717) is 6.61 Å². The summed E-state index contributed by atoms with van der Waals surface area (Å²) in [5, 5.41) is 6.21. The summed E-state index contributed by atoms with van der Waals surface area (Å²) < 4.78 is 5.62. The molecule has 1 amide bonds. The second kappa shape index (κ2) is 6.93. The Kier molecular flexibility index (Phi) is 5.22. The van der Waals surface area contributed by atoms with Gasteiger partial charge in [0.25, 0.3) is 5.91 Å². The third-order valence-corrected chi connectivity index (χ3v) is 4.13. The van der Waals surface area contributed by atoms with Crippen LogP contribution in [0.4, 0.5) is 5.69 Å². The predicted octanol–water partition coefficient (Wildman–Crippen LogP) is 3.21. The lowest BCUT2D eigenvalue weighted by Gasteiger charge is -2.09. The van der Waals surface area contributed by atoms with Gasteiger partial charge in [-0.05, 0) is 37.3 Å². The molecule has 112 valence electrons. The lowest BCUT2D eigenvalue weighted by atomic mass is 10.1. The molecule has 21 heavy (non-hydrogen) atoms. The highest BCUT2D eigenvalue weighted by Gasteiger charge is 2.12. The molecule has 4 nitrogen and oxygen atoms in total. The number of halogens is 1. The van der Waals surface area contributed by atoms with Crippen molar-refractivity contribution in [2.75, 3.05) is 18.5 Å². The molecule has 1 aromatic carbocycles. The zero-order valence-electron chi connectivity index (χ0n) is 11.6. The predicted molar refractivity (Wildman–Crippen MR) is 87.9 cm³/mol. The van der Waals surface area contributed by atoms with Crippen LogP contribution in [0.15, 0.2) is 30.3 Å². The number of hydrogen-bond acceptors (Lipinski definition) is 4. The quantitative estimate of drug-likeness (QED) is 0.892. The van der Waals surface area contributed by atoms with Crippen LogP contribution < -0.4 is 15.4 Å². The van der Waals surface area contributed by atoms with Crippen LogP contribution in [-0.4, -0.2) is 19.1 Å². The van der Waals surface area contributed by atoms with E-state index in [4.69, 9.17) is 4.74 Å². The van der Waals surface area contributed by atoms with E-state index in [9.17, 15) is 4.79 Å². The van der Waals surface area contributed by atoms with Crippen molar-refractivity contribution >= 4 is 35.3 Å². The van der Waals surface area contributed by atoms with Gasteiger partial charge in [0, 0.05) is 29.2 Å². The number of nitrogens with one attached hydrogen (secondary N) is 2. The van der Waals surface area contributed by atoms with E-state index in [1.54, 1.807) is 0 Å². The SMILES string of the molecule is Cc1ccc(C(=O)Nc2ccc3c(c2)CNCCO3)s1.Cl. The van der Waals surface area contributed by atoms with E-state index in [-0.39, 0.29) is 18.3 Å². The lowest BCUT2D eigenvalue weighted by Crippen LogP contribution is -2.16. The number of benzene rings is 1. The van der Waals surface area contributed by atoms with Crippen LogP contribution in [0.2, 0.25) is 0 Å². The minimum atomic E-state index is -0.0643. The first-order valence-electron chi connectivity index (χ1n) is 6.56. The monoisotopic (exact) mass is 324 g/mol. The van der Waals surface area contributed by atoms with E-state index >= 15 is 0 Å². The summed E-state index contributed by atoms with van der Waals surface area (Å²) in [6.45, 7) is 4.27. The van der Waals surface area contributed by atoms with Crippen molar-refractivity contribution < 1.29 is 9.53 Å². The molecule has 2 heterocycles. The van der Waals surface area contributed by atoms with Crippen molar-refractivity contribution in [2.24, 2.45) is 0 Å². The number of amides is 1. The van der Waals surface area contributed by atoms with Crippen LogP contribution in [0.5, 0.6) is 5.75 Å². The Morgan fingerprint density at radius 2 is 2.19 bits per heavy atom. The molecule has 0 saturated heterocycles. The van der Waals surface area contributed by atoms with Gasteiger partial charge in [-0.3, -0.25) is 4.79 Å². The number of rotatable bonds is 2. The minimum absolute atomic E-state index is 0. The Morgan fingerprint density at radius 1 is 1.33 bits per heavy atom. The van der Waals surface area contributed by atoms with E-state index in [2.05, 4.69) is 10.6 Å². The van der Waals surface area contributed by atoms with Crippen LogP contribution in [0.25, 0.3) is 0 Å². The molecule has 0 bridgehead atoms. The van der Waals surface area contributed by atoms with Gasteiger partial charge >= 0.3 is 0 Å². The number of fused-ring (bicyclic) bond motifs is 1. The van der Waals surface area contributed by atoms with Crippen molar-refractivity contribution in [1.29, 1.82) is 0 Å². The summed E-state index contributed by atoms with van der Waals surface area (Å²) in [7, 11) is 0. The highest BCUT2D eigenvalue weighted by atomic mass is 35.5. The average Bonchev–Trinajstić information content (AvgIpc) is 2.74. The Morgan fingerprint density at radius 3 is 2.95 bits per heavy atom. The van der Waals surface area contributed by atoms with E-state index < -0.39 is 0 Å². The summed E-state index contributed by atoms with van der Waals surface area (Å²) in [5.74, 6) is 0.825. The minimum Gasteiger partial charge on any atom is -0.492 e. The molecule has 0 radical (unpaired) electrons. The number of ether oxygens (including phenoxy) is 1. The Balaban J connectivity index is 0.00000161. The summed E-state index contributed by atoms with van der Waals surface area (Å²) in [6, 6.07) is 9.56. The van der Waals surface area contributed by atoms with Gasteiger partial charge in [-0.1, -0.05) is 0 Å². The first-order chi connectivity index (χ1) is 9.72. The number of thiophene rings is 1. The van der Waals surface area contributed by atoms with Crippen molar-refractivity contribution in [3.05, 3.63) is 45.6 Å². The largest absolute Gasteiger partial charge is 0.492 e. The fourth-order valence-electron chi connectivity index (χ4n) is 2.14. The maximum Gasteiger partial charge on any atom is 0.265 e. The molecular weight excluding hydrogens is 308 g/mol. The zero-order valence-corrected chi connectivity index (χ0v) is 13.3. The number of hydrogen-bond donors (Lipinski definition) is 2. The summed E-state index contributed by atoms with van der Waals surface area (Å²) in [6.07, 6.45) is 0. The molecule has 0 fully saturated rings. The van der Waals surface area contributed by atoms with Gasteiger partial charge in [0.05, 0.1) is 4.88 Å². The topological polar surface area (TPSA) is 50.4 Å². The van der Waals surface area contributed by atoms with Gasteiger partial charge in [-0.2, -0.15) is 0 Å². The van der Waals surface area contributed by atoms with Gasteiger partial charge in [0.15, 0.2) is 0 Å². The van der Waals surface area contributed by atoms with Crippen LogP contribution >= 0.6 is 23.7 Å². The van der Waals surface area contributed by atoms with Crippen LogP contribution in [0, 0.1) is 6.92 Å². The smallest absolute Gasteiger partial charge is 0.265 e. The Hall–Kier alpha value is -1.56. The molecular formula is C15H17ClN2O2S. The number of carbonyl (C=O) groups excluding carboxylic acids is 1. The molecule has 1 aliphatic heterocycles. The Labute approximate surface area is 133 Å². The highest BCUT2D eigenvalue weighted by molar-refractivity contribution is 7.14. The van der Waals surface area contributed by atoms with Gasteiger partial charge < -0.3 is 15.4 Å². The van der Waals surface area contributed by atoms with E-state index in [1.807, 2.05) is 37.3 Å². The number of aryl methyl sites for hydroxylation is 1. The fraction of sp³-hybridized carbons (Fsp3) is 0.267. The molecule has 1 aliphatic rings. The average molecular weight is 325 g/mol. The lowest BCUT2D eigenvalue weighted by molar-refractivity contribution is 0.103. The van der Waals surface area contributed by atoms with E-state index in [1.165, 1.54) is 11.3 Å². The van der Waals surface area contributed by atoms with Crippen molar-refractivity contribution in [2.45, 2.75) is 13.5 Å². The van der Waals surface area contributed by atoms with Crippen molar-refractivity contribution in [3.8, 4) is 5.75 Å². The third kappa shape index (κ3) is 3.75. The molecule has 6 heteroatoms. The molecule has 0 aliphatic carbocycles. The van der Waals surface area contributed by atoms with Crippen molar-refractivity contribution in [3.63, 3.8) is 0 Å². The third-order valence-electron chi connectivity index (χ3n) is 3.13. The van der Waals surface area contributed by atoms with Crippen LogP contribution in [0.3, 0.4) is 0 Å². The molecule has 3 rings (SSSR count). The van der Waals surface area contributed by atoms with Gasteiger partial charge in [-0.25, -0.2) is 0 Å². The van der Waals surface area contributed by atoms with E-state index in [0.717, 1.165) is 39.8 Å². The van der Waals surface area contributed by atoms with Gasteiger partial charge in [0.1, 0.15) is 12.4 Å². The highest BCUT2D eigenvalue weighted by Crippen LogP contribution is 2.25. The van der Waals surface area contributed by atoms with Gasteiger partial charge in [-0.15, -0.1) is 23.7 Å². The molecule has 0 saturated carbocycles. The van der Waals surface area contributed by atoms with Crippen LogP contribution in [-0.2, 0) is 6.54 Å². The number of carbonyl (C=O) groups is 1. The fourth-order valence-corrected chi connectivity index (χ4v) is 2.90. The van der Waals surface area contributed by atoms with Crippen LogP contribution in [0.1, 0.15) is 20.1 Å². The molecule has 0 unspecified atom stereocenters. The zero-order chi connectivity index (χ0) is 13.9. The number of anilines is 1. The first kappa shape index (κ1) is 15.8. The van der Waals surface area contributed by atoms with Gasteiger partial charge in [0.2, 0.25) is 0 Å². The molecule has 2 N–H and O–H groups in total. The maximum atomic E-state index is 12.1. The molecule has 1 aromatic heterocycles. The molecule has 0 spiro atoms. The second-order valence-electron chi connectivity index (χ2n) is 4.71. The summed E-state index contributed by atoms with van der Waals surface area (Å²) in [4.78, 5) is 14.0. The van der Waals surface area contributed by atoms with Crippen molar-refractivity contribution in [1.82, 2.24) is 5.32 Å². The molecule has 2 aromatic rings. The normalized spacial score (nSPS) is 13.4. The second-order valence-corrected chi connectivity index (χ2v) is 6.00. The Bertz CT molecular complexity index is 642. The first-order valence-corrected chi connectivity index (χ1v) is 7.38. The summed E-state index contributed by atoms with van der Waals surface area (Å²) in [5.41, 5.74) is 1.87. The molecule has 0 atom stereocenters. The maximum absolute atomic E-state index is 12.1.